The number of amides is 1. The number of carbonyl (C=O) groups excluding carboxylic acids is 2. The number of allylic oxidation sites excluding steroid dienone is 1. The van der Waals surface area contributed by atoms with Gasteiger partial charge in [0.25, 0.3) is 5.91 Å². The molecular weight excluding hydrogens is 380 g/mol. The maximum atomic E-state index is 12.9. The average Bonchev–Trinajstić information content (AvgIpc) is 2.64. The van der Waals surface area contributed by atoms with Crippen LogP contribution in [0.25, 0.3) is 0 Å². The number of carbonyl (C=O) groups is 2. The molecule has 0 aliphatic carbocycles. The Morgan fingerprint density at radius 2 is 1.79 bits per heavy atom. The lowest BCUT2D eigenvalue weighted by molar-refractivity contribution is -0.142. The Labute approximate surface area is 166 Å². The van der Waals surface area contributed by atoms with Crippen molar-refractivity contribution in [2.24, 2.45) is 11.8 Å². The SMILES string of the molecule is CC/C=C/C(=O)OCC(=O)Nc1ccc(S(=O)(=O)N2C[C@@H](C)C[C@H](C)C2)cc1. The third-order valence-corrected chi connectivity index (χ3v) is 6.29. The summed E-state index contributed by atoms with van der Waals surface area (Å²) in [6.07, 6.45) is 4.64. The molecular formula is C20H28N2O5S. The smallest absolute Gasteiger partial charge is 0.330 e. The molecule has 0 saturated carbocycles. The summed E-state index contributed by atoms with van der Waals surface area (Å²) in [4.78, 5) is 23.4. The van der Waals surface area contributed by atoms with Crippen molar-refractivity contribution < 1.29 is 22.7 Å². The standard InChI is InChI=1S/C20H28N2O5S/c1-4-5-6-20(24)27-14-19(23)21-17-7-9-18(10-8-17)28(25,26)22-12-15(2)11-16(3)13-22/h5-10,15-16H,4,11-14H2,1-3H3,(H,21,23)/b6-5+/t15-,16-/m0/s1. The number of esters is 1. The maximum Gasteiger partial charge on any atom is 0.330 e. The first-order chi connectivity index (χ1) is 13.2. The van der Waals surface area contributed by atoms with Crippen molar-refractivity contribution in [3.8, 4) is 0 Å². The van der Waals surface area contributed by atoms with Crippen LogP contribution in [0, 0.1) is 11.8 Å². The first-order valence-corrected chi connectivity index (χ1v) is 10.9. The lowest BCUT2D eigenvalue weighted by Gasteiger charge is -2.34. The summed E-state index contributed by atoms with van der Waals surface area (Å²) in [6.45, 7) is 6.62. The molecule has 1 heterocycles. The van der Waals surface area contributed by atoms with E-state index in [1.165, 1.54) is 34.6 Å². The van der Waals surface area contributed by atoms with Crippen LogP contribution in [0.1, 0.15) is 33.6 Å². The quantitative estimate of drug-likeness (QED) is 0.553. The van der Waals surface area contributed by atoms with Gasteiger partial charge in [-0.15, -0.1) is 0 Å². The third-order valence-electron chi connectivity index (χ3n) is 4.45. The van der Waals surface area contributed by atoms with E-state index in [2.05, 4.69) is 19.2 Å². The highest BCUT2D eigenvalue weighted by molar-refractivity contribution is 7.89. The Balaban J connectivity index is 1.96. The molecule has 7 nitrogen and oxygen atoms in total. The molecule has 1 aromatic rings. The predicted molar refractivity (Wildman–Crippen MR) is 107 cm³/mol. The van der Waals surface area contributed by atoms with Gasteiger partial charge >= 0.3 is 5.97 Å². The molecule has 0 bridgehead atoms. The van der Waals surface area contributed by atoms with Crippen LogP contribution in [-0.2, 0) is 24.3 Å². The minimum atomic E-state index is -3.56. The van der Waals surface area contributed by atoms with E-state index in [0.717, 1.165) is 6.42 Å². The van der Waals surface area contributed by atoms with E-state index >= 15 is 0 Å². The summed E-state index contributed by atoms with van der Waals surface area (Å²) in [5, 5.41) is 2.58. The third kappa shape index (κ3) is 6.17. The van der Waals surface area contributed by atoms with Crippen LogP contribution in [0.3, 0.4) is 0 Å². The summed E-state index contributed by atoms with van der Waals surface area (Å²) < 4.78 is 32.0. The van der Waals surface area contributed by atoms with E-state index in [9.17, 15) is 18.0 Å². The van der Waals surface area contributed by atoms with Crippen LogP contribution >= 0.6 is 0 Å². The number of hydrogen-bond donors (Lipinski definition) is 1. The molecule has 28 heavy (non-hydrogen) atoms. The van der Waals surface area contributed by atoms with Crippen LogP contribution in [-0.4, -0.2) is 44.3 Å². The Morgan fingerprint density at radius 3 is 2.36 bits per heavy atom. The van der Waals surface area contributed by atoms with Gasteiger partial charge in [0.05, 0.1) is 4.90 Å². The summed E-state index contributed by atoms with van der Waals surface area (Å²) in [5.41, 5.74) is 0.435. The van der Waals surface area contributed by atoms with Gasteiger partial charge in [0, 0.05) is 24.9 Å². The number of nitrogens with zero attached hydrogens (tertiary/aromatic N) is 1. The van der Waals surface area contributed by atoms with Crippen molar-refractivity contribution in [1.29, 1.82) is 0 Å². The Kier molecular flexibility index (Phi) is 7.77. The summed E-state index contributed by atoms with van der Waals surface area (Å²) in [5.74, 6) is -0.421. The Bertz CT molecular complexity index is 808. The highest BCUT2D eigenvalue weighted by Crippen LogP contribution is 2.27. The van der Waals surface area contributed by atoms with Crippen molar-refractivity contribution in [2.75, 3.05) is 25.0 Å². The first-order valence-electron chi connectivity index (χ1n) is 9.45. The minimum absolute atomic E-state index is 0.197. The highest BCUT2D eigenvalue weighted by atomic mass is 32.2. The van der Waals surface area contributed by atoms with E-state index in [1.54, 1.807) is 6.08 Å². The number of anilines is 1. The lowest BCUT2D eigenvalue weighted by Crippen LogP contribution is -2.42. The van der Waals surface area contributed by atoms with Crippen molar-refractivity contribution >= 4 is 27.6 Å². The van der Waals surface area contributed by atoms with E-state index in [-0.39, 0.29) is 4.90 Å². The van der Waals surface area contributed by atoms with Crippen LogP contribution in [0.5, 0.6) is 0 Å². The number of ether oxygens (including phenoxy) is 1. The number of rotatable bonds is 7. The van der Waals surface area contributed by atoms with Gasteiger partial charge in [-0.2, -0.15) is 4.31 Å². The molecule has 1 N–H and O–H groups in total. The van der Waals surface area contributed by atoms with Gasteiger partial charge in [-0.1, -0.05) is 26.8 Å². The number of nitrogens with one attached hydrogen (secondary N) is 1. The zero-order chi connectivity index (χ0) is 20.7. The van der Waals surface area contributed by atoms with Gasteiger partial charge in [0.15, 0.2) is 6.61 Å². The molecule has 1 saturated heterocycles. The van der Waals surface area contributed by atoms with E-state index in [4.69, 9.17) is 4.74 Å². The van der Waals surface area contributed by atoms with Gasteiger partial charge < -0.3 is 10.1 Å². The number of benzene rings is 1. The molecule has 8 heteroatoms. The van der Waals surface area contributed by atoms with E-state index in [0.29, 0.717) is 37.0 Å². The van der Waals surface area contributed by atoms with Crippen LogP contribution < -0.4 is 5.32 Å². The van der Waals surface area contributed by atoms with Crippen LogP contribution in [0.2, 0.25) is 0 Å². The molecule has 1 amide bonds. The highest BCUT2D eigenvalue weighted by Gasteiger charge is 2.31. The van der Waals surface area contributed by atoms with Crippen molar-refractivity contribution in [1.82, 2.24) is 4.31 Å². The molecule has 0 unspecified atom stereocenters. The van der Waals surface area contributed by atoms with E-state index in [1.807, 2.05) is 6.92 Å². The summed E-state index contributed by atoms with van der Waals surface area (Å²) in [7, 11) is -3.56. The zero-order valence-electron chi connectivity index (χ0n) is 16.6. The van der Waals surface area contributed by atoms with Gasteiger partial charge in [-0.3, -0.25) is 4.79 Å². The van der Waals surface area contributed by atoms with Crippen LogP contribution in [0.15, 0.2) is 41.3 Å². The second-order valence-electron chi connectivity index (χ2n) is 7.26. The molecule has 1 aliphatic rings. The Hall–Kier alpha value is -2.19. The topological polar surface area (TPSA) is 92.8 Å². The molecule has 2 rings (SSSR count). The Morgan fingerprint density at radius 1 is 1.18 bits per heavy atom. The van der Waals surface area contributed by atoms with E-state index < -0.39 is 28.5 Å². The predicted octanol–water partition coefficient (Wildman–Crippen LogP) is 2.80. The van der Waals surface area contributed by atoms with Gasteiger partial charge in [-0.25, -0.2) is 13.2 Å². The monoisotopic (exact) mass is 408 g/mol. The fraction of sp³-hybridized carbons (Fsp3) is 0.500. The lowest BCUT2D eigenvalue weighted by atomic mass is 9.94. The average molecular weight is 409 g/mol. The number of hydrogen-bond acceptors (Lipinski definition) is 5. The van der Waals surface area contributed by atoms with Crippen LogP contribution in [0.4, 0.5) is 5.69 Å². The molecule has 154 valence electrons. The largest absolute Gasteiger partial charge is 0.452 e. The zero-order valence-corrected chi connectivity index (χ0v) is 17.4. The molecule has 0 aromatic heterocycles. The van der Waals surface area contributed by atoms with Crippen molar-refractivity contribution in [2.45, 2.75) is 38.5 Å². The second kappa shape index (κ2) is 9.84. The summed E-state index contributed by atoms with van der Waals surface area (Å²) >= 11 is 0. The van der Waals surface area contributed by atoms with Gasteiger partial charge in [0.2, 0.25) is 10.0 Å². The second-order valence-corrected chi connectivity index (χ2v) is 9.20. The molecule has 1 aromatic carbocycles. The molecule has 0 radical (unpaired) electrons. The van der Waals surface area contributed by atoms with Crippen molar-refractivity contribution in [3.63, 3.8) is 0 Å². The number of piperidine rings is 1. The normalized spacial score (nSPS) is 20.8. The fourth-order valence-corrected chi connectivity index (χ4v) is 4.94. The molecule has 2 atom stereocenters. The first kappa shape index (κ1) is 22.1. The fourth-order valence-electron chi connectivity index (χ4n) is 3.26. The molecule has 0 spiro atoms. The maximum absolute atomic E-state index is 12.9. The summed E-state index contributed by atoms with van der Waals surface area (Å²) in [6, 6.07) is 6.01. The van der Waals surface area contributed by atoms with Gasteiger partial charge in [0.1, 0.15) is 0 Å². The minimum Gasteiger partial charge on any atom is -0.452 e. The van der Waals surface area contributed by atoms with Gasteiger partial charge in [-0.05, 0) is 48.9 Å². The number of sulfonamides is 1. The molecule has 1 fully saturated rings. The molecule has 1 aliphatic heterocycles. The van der Waals surface area contributed by atoms with Crippen molar-refractivity contribution in [3.05, 3.63) is 36.4 Å².